The number of carbonyl (C=O) groups excluding carboxylic acids is 1. The van der Waals surface area contributed by atoms with Crippen LogP contribution in [0.1, 0.15) is 16.1 Å². The number of imidazole rings is 1. The number of nitrogens with one attached hydrogen (secondary N) is 1. The molecule has 0 fully saturated rings. The molecule has 3 rings (SSSR count). The summed E-state index contributed by atoms with van der Waals surface area (Å²) in [6.45, 7) is 1.94. The molecule has 1 aromatic heterocycles. The molecule has 1 N–H and O–H groups in total. The van der Waals surface area contributed by atoms with Crippen LogP contribution >= 0.6 is 34.4 Å². The van der Waals surface area contributed by atoms with Crippen LogP contribution in [0.15, 0.2) is 58.7 Å². The number of halogens is 1. The van der Waals surface area contributed by atoms with Crippen LogP contribution in [0, 0.1) is 10.5 Å². The van der Waals surface area contributed by atoms with E-state index in [-0.39, 0.29) is 0 Å². The highest BCUT2D eigenvalue weighted by atomic mass is 127. The second kappa shape index (κ2) is 7.92. The fourth-order valence-corrected chi connectivity index (χ4v) is 3.38. The van der Waals surface area contributed by atoms with Gasteiger partial charge < -0.3 is 14.5 Å². The lowest BCUT2D eigenvalue weighted by molar-refractivity contribution is 0.0600. The van der Waals surface area contributed by atoms with E-state index in [4.69, 9.17) is 9.47 Å². The van der Waals surface area contributed by atoms with E-state index in [1.54, 1.807) is 18.3 Å². The van der Waals surface area contributed by atoms with Crippen molar-refractivity contribution in [3.63, 3.8) is 0 Å². The van der Waals surface area contributed by atoms with Gasteiger partial charge in [-0.1, -0.05) is 11.8 Å². The van der Waals surface area contributed by atoms with Crippen molar-refractivity contribution in [1.82, 2.24) is 9.97 Å². The van der Waals surface area contributed by atoms with Crippen LogP contribution in [0.25, 0.3) is 0 Å². The fourth-order valence-electron chi connectivity index (χ4n) is 2.12. The Balaban J connectivity index is 1.91. The minimum Gasteiger partial charge on any atom is -0.465 e. The number of methoxy groups -OCH3 is 1. The molecule has 25 heavy (non-hydrogen) atoms. The van der Waals surface area contributed by atoms with E-state index in [0.29, 0.717) is 17.1 Å². The maximum atomic E-state index is 12.0. The number of benzene rings is 2. The molecule has 0 aliphatic rings. The highest BCUT2D eigenvalue weighted by molar-refractivity contribution is 14.1. The molecule has 128 valence electrons. The van der Waals surface area contributed by atoms with E-state index in [2.05, 4.69) is 32.6 Å². The predicted octanol–water partition coefficient (Wildman–Crippen LogP) is 5.05. The number of esters is 1. The highest BCUT2D eigenvalue weighted by Gasteiger charge is 2.12. The molecule has 5 nitrogen and oxygen atoms in total. The quantitative estimate of drug-likeness (QED) is 0.421. The molecule has 7 heteroatoms. The number of aromatic nitrogens is 2. The number of aryl methyl sites for hydroxylation is 1. The molecule has 0 aliphatic heterocycles. The third-order valence-electron chi connectivity index (χ3n) is 3.24. The molecule has 3 aromatic rings. The van der Waals surface area contributed by atoms with Gasteiger partial charge in [0.15, 0.2) is 5.16 Å². The molecule has 1 heterocycles. The minimum atomic E-state index is -0.412. The lowest BCUT2D eigenvalue weighted by atomic mass is 10.2. The first-order chi connectivity index (χ1) is 12.0. The van der Waals surface area contributed by atoms with Gasteiger partial charge in [0.1, 0.15) is 11.5 Å². The zero-order valence-electron chi connectivity index (χ0n) is 13.6. The number of carbonyl (C=O) groups is 1. The fraction of sp³-hybridized carbons (Fsp3) is 0.111. The standard InChI is InChI=1S/C18H15IN2O3S/c1-11-10-20-18(21-11)25-16-8-12(17(22)23-2)7-15(9-16)24-14-5-3-13(19)4-6-14/h3-10H,1-2H3,(H,20,21). The average molecular weight is 466 g/mol. The third-order valence-corrected chi connectivity index (χ3v) is 4.84. The Morgan fingerprint density at radius 3 is 2.56 bits per heavy atom. The Bertz CT molecular complexity index is 894. The summed E-state index contributed by atoms with van der Waals surface area (Å²) in [7, 11) is 1.36. The van der Waals surface area contributed by atoms with Crippen molar-refractivity contribution in [1.29, 1.82) is 0 Å². The van der Waals surface area contributed by atoms with Gasteiger partial charge in [-0.3, -0.25) is 0 Å². The Hall–Kier alpha value is -2.00. The number of ether oxygens (including phenoxy) is 2. The van der Waals surface area contributed by atoms with Gasteiger partial charge in [-0.05, 0) is 72.0 Å². The van der Waals surface area contributed by atoms with Crippen LogP contribution < -0.4 is 4.74 Å². The van der Waals surface area contributed by atoms with E-state index >= 15 is 0 Å². The molecule has 0 bridgehead atoms. The number of rotatable bonds is 5. The first-order valence-electron chi connectivity index (χ1n) is 7.40. The van der Waals surface area contributed by atoms with Crippen LogP contribution in [0.2, 0.25) is 0 Å². The molecule has 0 aliphatic carbocycles. The number of hydrogen-bond acceptors (Lipinski definition) is 5. The van der Waals surface area contributed by atoms with Crippen molar-refractivity contribution in [2.75, 3.05) is 7.11 Å². The van der Waals surface area contributed by atoms with E-state index in [1.165, 1.54) is 18.9 Å². The molecule has 0 atom stereocenters. The van der Waals surface area contributed by atoms with Crippen molar-refractivity contribution in [3.8, 4) is 11.5 Å². The summed E-state index contributed by atoms with van der Waals surface area (Å²) < 4.78 is 11.9. The first kappa shape index (κ1) is 17.8. The molecule has 0 saturated heterocycles. The highest BCUT2D eigenvalue weighted by Crippen LogP contribution is 2.32. The zero-order chi connectivity index (χ0) is 17.8. The van der Waals surface area contributed by atoms with Crippen LogP contribution in [0.5, 0.6) is 11.5 Å². The molecular weight excluding hydrogens is 451 g/mol. The van der Waals surface area contributed by atoms with Crippen molar-refractivity contribution in [2.24, 2.45) is 0 Å². The molecule has 2 aromatic carbocycles. The van der Waals surface area contributed by atoms with Gasteiger partial charge in [-0.15, -0.1) is 0 Å². The summed E-state index contributed by atoms with van der Waals surface area (Å²) in [5.74, 6) is 0.854. The molecule has 0 unspecified atom stereocenters. The van der Waals surface area contributed by atoms with Gasteiger partial charge in [0.25, 0.3) is 0 Å². The lowest BCUT2D eigenvalue weighted by Gasteiger charge is -2.10. The summed E-state index contributed by atoms with van der Waals surface area (Å²) in [6, 6.07) is 13.0. The Labute approximate surface area is 163 Å². The zero-order valence-corrected chi connectivity index (χ0v) is 16.6. The lowest BCUT2D eigenvalue weighted by Crippen LogP contribution is -2.01. The smallest absolute Gasteiger partial charge is 0.338 e. The van der Waals surface area contributed by atoms with Crippen LogP contribution in [0.4, 0.5) is 0 Å². The maximum absolute atomic E-state index is 12.0. The summed E-state index contributed by atoms with van der Waals surface area (Å²) in [5, 5.41) is 0.750. The van der Waals surface area contributed by atoms with Gasteiger partial charge in [0.2, 0.25) is 0 Å². The molecule has 0 radical (unpaired) electrons. The summed E-state index contributed by atoms with van der Waals surface area (Å²) in [4.78, 5) is 20.2. The van der Waals surface area contributed by atoms with Gasteiger partial charge in [-0.25, -0.2) is 9.78 Å². The number of aromatic amines is 1. The van der Waals surface area contributed by atoms with Crippen molar-refractivity contribution in [3.05, 3.63) is 63.5 Å². The van der Waals surface area contributed by atoms with Crippen molar-refractivity contribution in [2.45, 2.75) is 17.0 Å². The van der Waals surface area contributed by atoms with Gasteiger partial charge in [0, 0.05) is 20.4 Å². The summed E-state index contributed by atoms with van der Waals surface area (Å²) in [6.07, 6.45) is 1.76. The van der Waals surface area contributed by atoms with E-state index in [9.17, 15) is 4.79 Å². The summed E-state index contributed by atoms with van der Waals surface area (Å²) in [5.41, 5.74) is 1.40. The minimum absolute atomic E-state index is 0.412. The largest absolute Gasteiger partial charge is 0.465 e. The second-order valence-corrected chi connectivity index (χ2v) is 7.52. The number of hydrogen-bond donors (Lipinski definition) is 1. The van der Waals surface area contributed by atoms with Crippen LogP contribution in [0.3, 0.4) is 0 Å². The third kappa shape index (κ3) is 4.76. The monoisotopic (exact) mass is 466 g/mol. The average Bonchev–Trinajstić information content (AvgIpc) is 3.01. The van der Waals surface area contributed by atoms with Gasteiger partial charge in [0.05, 0.1) is 12.7 Å². The molecule has 0 saturated carbocycles. The second-order valence-electron chi connectivity index (χ2n) is 5.21. The predicted molar refractivity (Wildman–Crippen MR) is 104 cm³/mol. The van der Waals surface area contributed by atoms with Crippen molar-refractivity contribution < 1.29 is 14.3 Å². The van der Waals surface area contributed by atoms with E-state index in [1.807, 2.05) is 37.3 Å². The van der Waals surface area contributed by atoms with Crippen LogP contribution in [-0.4, -0.2) is 23.0 Å². The molecular formula is C18H15IN2O3S. The normalized spacial score (nSPS) is 10.5. The topological polar surface area (TPSA) is 64.2 Å². The van der Waals surface area contributed by atoms with E-state index in [0.717, 1.165) is 19.3 Å². The Morgan fingerprint density at radius 1 is 1.16 bits per heavy atom. The Morgan fingerprint density at radius 2 is 1.92 bits per heavy atom. The van der Waals surface area contributed by atoms with Crippen molar-refractivity contribution >= 4 is 40.3 Å². The van der Waals surface area contributed by atoms with E-state index < -0.39 is 5.97 Å². The number of nitrogens with zero attached hydrogens (tertiary/aromatic N) is 1. The maximum Gasteiger partial charge on any atom is 0.338 e. The SMILES string of the molecule is COC(=O)c1cc(Oc2ccc(I)cc2)cc(Sc2ncc(C)[nH]2)c1. The van der Waals surface area contributed by atoms with Crippen LogP contribution in [-0.2, 0) is 4.74 Å². The number of H-pyrrole nitrogens is 1. The molecule has 0 amide bonds. The summed E-state index contributed by atoms with van der Waals surface area (Å²) >= 11 is 3.66. The van der Waals surface area contributed by atoms with Gasteiger partial charge >= 0.3 is 5.97 Å². The Kier molecular flexibility index (Phi) is 5.64. The van der Waals surface area contributed by atoms with Gasteiger partial charge in [-0.2, -0.15) is 0 Å². The first-order valence-corrected chi connectivity index (χ1v) is 9.29. The molecule has 0 spiro atoms.